The number of likely N-dealkylation sites (N-methyl/N-ethyl adjacent to an activating group) is 2. The Morgan fingerprint density at radius 3 is 1.61 bits per heavy atom. The van der Waals surface area contributed by atoms with E-state index in [0.29, 0.717) is 0 Å². The van der Waals surface area contributed by atoms with Gasteiger partial charge in [-0.1, -0.05) is 0 Å². The molecule has 18 heavy (non-hydrogen) atoms. The molecule has 9 heteroatoms. The molecule has 0 aromatic rings. The van der Waals surface area contributed by atoms with E-state index in [9.17, 15) is 14.4 Å². The molecule has 1 aliphatic rings. The van der Waals surface area contributed by atoms with Crippen LogP contribution in [0.15, 0.2) is 0 Å². The Labute approximate surface area is 104 Å². The van der Waals surface area contributed by atoms with E-state index in [4.69, 9.17) is 0 Å². The van der Waals surface area contributed by atoms with Gasteiger partial charge in [-0.15, -0.1) is 0 Å². The summed E-state index contributed by atoms with van der Waals surface area (Å²) in [7, 11) is 5.41. The summed E-state index contributed by atoms with van der Waals surface area (Å²) in [6, 6.07) is -0.349. The van der Waals surface area contributed by atoms with E-state index in [-0.39, 0.29) is 6.03 Å². The molecule has 0 aliphatic carbocycles. The molecule has 0 aromatic carbocycles. The first-order valence-corrected chi connectivity index (χ1v) is 5.11. The van der Waals surface area contributed by atoms with Crippen molar-refractivity contribution in [3.8, 4) is 0 Å². The zero-order chi connectivity index (χ0) is 13.9. The minimum atomic E-state index is -0.742. The van der Waals surface area contributed by atoms with Crippen molar-refractivity contribution in [1.82, 2.24) is 20.4 Å². The van der Waals surface area contributed by atoms with Gasteiger partial charge in [-0.2, -0.15) is 0 Å². The van der Waals surface area contributed by atoms with Gasteiger partial charge in [0.2, 0.25) is 0 Å². The summed E-state index contributed by atoms with van der Waals surface area (Å²) >= 11 is 0. The quantitative estimate of drug-likeness (QED) is 0.687. The second-order valence-electron chi connectivity index (χ2n) is 3.67. The number of alkyl carbamates (subject to hydrolysis) is 2. The predicted octanol–water partition coefficient (Wildman–Crippen LogP) is -0.652. The molecule has 2 atom stereocenters. The number of hydrogen-bond acceptors (Lipinski definition) is 5. The summed E-state index contributed by atoms with van der Waals surface area (Å²) in [5.74, 6) is 0. The molecule has 1 heterocycles. The van der Waals surface area contributed by atoms with Gasteiger partial charge >= 0.3 is 18.2 Å². The lowest BCUT2D eigenvalue weighted by Gasteiger charge is -2.25. The Morgan fingerprint density at radius 2 is 1.33 bits per heavy atom. The van der Waals surface area contributed by atoms with Crippen molar-refractivity contribution >= 4 is 18.2 Å². The highest BCUT2D eigenvalue weighted by Crippen LogP contribution is 2.16. The summed E-state index contributed by atoms with van der Waals surface area (Å²) in [4.78, 5) is 36.7. The van der Waals surface area contributed by atoms with Gasteiger partial charge in [-0.25, -0.2) is 14.4 Å². The third-order valence-electron chi connectivity index (χ3n) is 2.64. The highest BCUT2D eigenvalue weighted by molar-refractivity contribution is 5.80. The van der Waals surface area contributed by atoms with E-state index in [0.717, 1.165) is 0 Å². The second-order valence-corrected chi connectivity index (χ2v) is 3.67. The number of rotatable bonds is 2. The summed E-state index contributed by atoms with van der Waals surface area (Å²) in [5.41, 5.74) is 0. The maximum absolute atomic E-state index is 11.7. The predicted molar refractivity (Wildman–Crippen MR) is 59.6 cm³/mol. The van der Waals surface area contributed by atoms with Crippen LogP contribution in [0.3, 0.4) is 0 Å². The second kappa shape index (κ2) is 5.43. The molecule has 102 valence electrons. The maximum atomic E-state index is 11.7. The van der Waals surface area contributed by atoms with Gasteiger partial charge in [0.1, 0.15) is 12.3 Å². The fourth-order valence-electron chi connectivity index (χ4n) is 1.62. The lowest BCUT2D eigenvalue weighted by Crippen LogP contribution is -2.56. The molecular weight excluding hydrogens is 244 g/mol. The minimum Gasteiger partial charge on any atom is -0.453 e. The van der Waals surface area contributed by atoms with Crippen LogP contribution < -0.4 is 10.6 Å². The number of carbonyl (C=O) groups excluding carboxylic acids is 3. The fraction of sp³-hybridized carbons (Fsp3) is 0.667. The zero-order valence-corrected chi connectivity index (χ0v) is 10.6. The molecule has 2 N–H and O–H groups in total. The number of hydrogen-bond donors (Lipinski definition) is 2. The van der Waals surface area contributed by atoms with Crippen molar-refractivity contribution < 1.29 is 23.9 Å². The van der Waals surface area contributed by atoms with Crippen LogP contribution in [-0.2, 0) is 9.47 Å². The van der Waals surface area contributed by atoms with Crippen LogP contribution in [0.4, 0.5) is 14.4 Å². The Bertz CT molecular complexity index is 329. The number of nitrogens with one attached hydrogen (secondary N) is 2. The molecule has 0 radical (unpaired) electrons. The van der Waals surface area contributed by atoms with Crippen molar-refractivity contribution in [3.63, 3.8) is 0 Å². The summed E-state index contributed by atoms with van der Waals surface area (Å²) < 4.78 is 8.92. The molecule has 0 bridgehead atoms. The normalized spacial score (nSPS) is 22.8. The van der Waals surface area contributed by atoms with E-state index in [2.05, 4.69) is 20.1 Å². The number of nitrogens with zero attached hydrogens (tertiary/aromatic N) is 2. The van der Waals surface area contributed by atoms with Crippen LogP contribution in [0.2, 0.25) is 0 Å². The van der Waals surface area contributed by atoms with Crippen LogP contribution in [0.25, 0.3) is 0 Å². The van der Waals surface area contributed by atoms with E-state index >= 15 is 0 Å². The van der Waals surface area contributed by atoms with Crippen LogP contribution in [0, 0.1) is 0 Å². The smallest absolute Gasteiger partial charge is 0.408 e. The average Bonchev–Trinajstić information content (AvgIpc) is 2.56. The van der Waals surface area contributed by atoms with Gasteiger partial charge in [-0.3, -0.25) is 10.6 Å². The zero-order valence-electron chi connectivity index (χ0n) is 10.6. The van der Waals surface area contributed by atoms with Gasteiger partial charge in [0, 0.05) is 14.1 Å². The molecule has 0 aromatic heterocycles. The molecular formula is C9H16N4O5. The SMILES string of the molecule is COC(=O)NC1C(NC(=O)OC)N(C)C(=O)N1C. The highest BCUT2D eigenvalue weighted by atomic mass is 16.5. The number of urea groups is 1. The molecule has 1 aliphatic heterocycles. The summed E-state index contributed by atoms with van der Waals surface area (Å²) in [6.45, 7) is 0. The minimum absolute atomic E-state index is 0.349. The molecule has 9 nitrogen and oxygen atoms in total. The van der Waals surface area contributed by atoms with E-state index in [1.54, 1.807) is 0 Å². The van der Waals surface area contributed by atoms with E-state index in [1.165, 1.54) is 38.1 Å². The molecule has 1 rings (SSSR count). The third-order valence-corrected chi connectivity index (χ3v) is 2.64. The first-order chi connectivity index (χ1) is 8.42. The van der Waals surface area contributed by atoms with E-state index < -0.39 is 24.5 Å². The standard InChI is InChI=1S/C9H16N4O5/c1-12-5(10-7(14)17-3)6(11-8(15)18-4)13(2)9(12)16/h5-6H,1-4H3,(H,10,14)(H,11,15). The summed E-state index contributed by atoms with van der Waals surface area (Å²) in [6.07, 6.45) is -2.89. The van der Waals surface area contributed by atoms with Crippen LogP contribution in [-0.4, -0.2) is 68.7 Å². The first kappa shape index (κ1) is 13.9. The molecule has 1 saturated heterocycles. The van der Waals surface area contributed by atoms with Crippen molar-refractivity contribution in [2.75, 3.05) is 28.3 Å². The van der Waals surface area contributed by atoms with Gasteiger partial charge in [-0.05, 0) is 0 Å². The third kappa shape index (κ3) is 2.55. The maximum Gasteiger partial charge on any atom is 0.408 e. The molecule has 2 unspecified atom stereocenters. The van der Waals surface area contributed by atoms with Crippen LogP contribution >= 0.6 is 0 Å². The number of amides is 4. The van der Waals surface area contributed by atoms with Gasteiger partial charge in [0.05, 0.1) is 14.2 Å². The highest BCUT2D eigenvalue weighted by Gasteiger charge is 2.44. The van der Waals surface area contributed by atoms with Crippen molar-refractivity contribution in [1.29, 1.82) is 0 Å². The molecule has 4 amide bonds. The van der Waals surface area contributed by atoms with Crippen molar-refractivity contribution in [2.45, 2.75) is 12.3 Å². The molecule has 0 saturated carbocycles. The van der Waals surface area contributed by atoms with Crippen LogP contribution in [0.5, 0.6) is 0 Å². The molecule has 1 fully saturated rings. The van der Waals surface area contributed by atoms with Gasteiger partial charge in [0.15, 0.2) is 0 Å². The topological polar surface area (TPSA) is 100 Å². The Balaban J connectivity index is 2.84. The Kier molecular flexibility index (Phi) is 4.18. The lowest BCUT2D eigenvalue weighted by atomic mass is 10.3. The largest absolute Gasteiger partial charge is 0.453 e. The lowest BCUT2D eigenvalue weighted by molar-refractivity contribution is 0.133. The average molecular weight is 260 g/mol. The fourth-order valence-corrected chi connectivity index (χ4v) is 1.62. The Morgan fingerprint density at radius 1 is 1.00 bits per heavy atom. The molecule has 0 spiro atoms. The Hall–Kier alpha value is -2.19. The first-order valence-electron chi connectivity index (χ1n) is 5.11. The summed E-state index contributed by atoms with van der Waals surface area (Å²) in [5, 5.41) is 4.90. The van der Waals surface area contributed by atoms with Gasteiger partial charge < -0.3 is 19.3 Å². The van der Waals surface area contributed by atoms with Crippen molar-refractivity contribution in [3.05, 3.63) is 0 Å². The van der Waals surface area contributed by atoms with Crippen LogP contribution in [0.1, 0.15) is 0 Å². The number of ether oxygens (including phenoxy) is 2. The number of methoxy groups -OCH3 is 2. The van der Waals surface area contributed by atoms with E-state index in [1.807, 2.05) is 0 Å². The number of carbonyl (C=O) groups is 3. The van der Waals surface area contributed by atoms with Crippen molar-refractivity contribution in [2.24, 2.45) is 0 Å². The monoisotopic (exact) mass is 260 g/mol. The van der Waals surface area contributed by atoms with Gasteiger partial charge in [0.25, 0.3) is 0 Å².